The number of likely N-dealkylation sites (tertiary alicyclic amines) is 1. The Morgan fingerprint density at radius 2 is 2.13 bits per heavy atom. The van der Waals surface area contributed by atoms with Crippen molar-refractivity contribution in [2.75, 3.05) is 19.6 Å². The molecule has 0 atom stereocenters. The van der Waals surface area contributed by atoms with Crippen molar-refractivity contribution in [3.8, 4) is 10.7 Å². The van der Waals surface area contributed by atoms with Gasteiger partial charge in [-0.15, -0.1) is 11.3 Å². The number of alkyl halides is 2. The molecule has 23 heavy (non-hydrogen) atoms. The quantitative estimate of drug-likeness (QED) is 0.879. The van der Waals surface area contributed by atoms with Crippen molar-refractivity contribution in [2.24, 2.45) is 0 Å². The Bertz CT molecular complexity index is 597. The number of piperidine rings is 1. The number of pyridine rings is 1. The summed E-state index contributed by atoms with van der Waals surface area (Å²) in [6.07, 6.45) is 1.34. The number of aromatic nitrogens is 2. The first-order valence-electron chi connectivity index (χ1n) is 7.80. The minimum absolute atomic E-state index is 0.105. The van der Waals surface area contributed by atoms with E-state index in [9.17, 15) is 8.78 Å². The smallest absolute Gasteiger partial charge is 0.251 e. The minimum atomic E-state index is -2.24. The molecule has 0 aliphatic carbocycles. The molecule has 0 saturated carbocycles. The van der Waals surface area contributed by atoms with Gasteiger partial charge in [0.1, 0.15) is 5.01 Å². The second-order valence-electron chi connectivity index (χ2n) is 5.71. The summed E-state index contributed by atoms with van der Waals surface area (Å²) in [5.74, 6) is 0. The van der Waals surface area contributed by atoms with Crippen LogP contribution in [0, 0.1) is 0 Å². The van der Waals surface area contributed by atoms with E-state index in [4.69, 9.17) is 0 Å². The van der Waals surface area contributed by atoms with Gasteiger partial charge in [0.25, 0.3) is 6.43 Å². The highest BCUT2D eigenvalue weighted by Gasteiger charge is 2.21. The third-order valence-electron chi connectivity index (χ3n) is 3.99. The van der Waals surface area contributed by atoms with E-state index in [1.165, 1.54) is 0 Å². The molecule has 1 saturated heterocycles. The predicted molar refractivity (Wildman–Crippen MR) is 87.7 cm³/mol. The van der Waals surface area contributed by atoms with Gasteiger partial charge in [0.2, 0.25) is 0 Å². The number of nitrogens with zero attached hydrogens (tertiary/aromatic N) is 3. The van der Waals surface area contributed by atoms with Gasteiger partial charge in [-0.3, -0.25) is 9.88 Å². The van der Waals surface area contributed by atoms with Crippen LogP contribution in [0.1, 0.15) is 18.5 Å². The third kappa shape index (κ3) is 4.76. The maximum atomic E-state index is 12.4. The van der Waals surface area contributed by atoms with Crippen LogP contribution in [-0.2, 0) is 6.54 Å². The first-order valence-corrected chi connectivity index (χ1v) is 8.68. The van der Waals surface area contributed by atoms with Gasteiger partial charge in [0, 0.05) is 24.2 Å². The van der Waals surface area contributed by atoms with Gasteiger partial charge in [0.05, 0.1) is 17.9 Å². The Morgan fingerprint density at radius 1 is 1.30 bits per heavy atom. The molecular weight excluding hydrogens is 318 g/mol. The van der Waals surface area contributed by atoms with Crippen LogP contribution in [0.3, 0.4) is 0 Å². The first-order chi connectivity index (χ1) is 11.2. The van der Waals surface area contributed by atoms with Gasteiger partial charge in [0.15, 0.2) is 0 Å². The van der Waals surface area contributed by atoms with Gasteiger partial charge in [-0.1, -0.05) is 6.07 Å². The van der Waals surface area contributed by atoms with Gasteiger partial charge in [-0.2, -0.15) is 0 Å². The van der Waals surface area contributed by atoms with E-state index in [1.54, 1.807) is 17.5 Å². The monoisotopic (exact) mass is 338 g/mol. The molecule has 2 aromatic heterocycles. The minimum Gasteiger partial charge on any atom is -0.308 e. The fraction of sp³-hybridized carbons (Fsp3) is 0.500. The second-order valence-corrected chi connectivity index (χ2v) is 6.56. The summed E-state index contributed by atoms with van der Waals surface area (Å²) in [5, 5.41) is 6.46. The Balaban J connectivity index is 1.46. The van der Waals surface area contributed by atoms with Crippen LogP contribution in [0.4, 0.5) is 8.78 Å². The molecule has 4 nitrogen and oxygen atoms in total. The summed E-state index contributed by atoms with van der Waals surface area (Å²) in [6.45, 7) is 2.08. The maximum absolute atomic E-state index is 12.4. The van der Waals surface area contributed by atoms with Crippen LogP contribution < -0.4 is 5.32 Å². The highest BCUT2D eigenvalue weighted by atomic mass is 32.1. The molecule has 1 fully saturated rings. The molecule has 2 aromatic rings. The third-order valence-corrected chi connectivity index (χ3v) is 4.91. The number of nitrogens with one attached hydrogen (secondary N) is 1. The van der Waals surface area contributed by atoms with Gasteiger partial charge >= 0.3 is 0 Å². The van der Waals surface area contributed by atoms with Crippen molar-refractivity contribution in [1.82, 2.24) is 20.2 Å². The topological polar surface area (TPSA) is 41.0 Å². The molecule has 7 heteroatoms. The highest BCUT2D eigenvalue weighted by Crippen LogP contribution is 2.21. The average molecular weight is 338 g/mol. The zero-order valence-electron chi connectivity index (χ0n) is 12.8. The van der Waals surface area contributed by atoms with Gasteiger partial charge in [-0.05, 0) is 38.1 Å². The van der Waals surface area contributed by atoms with Gasteiger partial charge in [-0.25, -0.2) is 13.8 Å². The summed E-state index contributed by atoms with van der Waals surface area (Å²) in [7, 11) is 0. The summed E-state index contributed by atoms with van der Waals surface area (Å²) in [4.78, 5) is 10.7. The molecule has 1 aliphatic rings. The summed E-state index contributed by atoms with van der Waals surface area (Å²) in [6, 6.07) is 6.17. The molecule has 3 heterocycles. The lowest BCUT2D eigenvalue weighted by Crippen LogP contribution is -2.43. The van der Waals surface area contributed by atoms with E-state index >= 15 is 0 Å². The van der Waals surface area contributed by atoms with Crippen LogP contribution in [0.25, 0.3) is 10.7 Å². The fourth-order valence-corrected chi connectivity index (χ4v) is 3.55. The fourth-order valence-electron chi connectivity index (χ4n) is 2.76. The largest absolute Gasteiger partial charge is 0.308 e. The Kier molecular flexibility index (Phi) is 5.64. The van der Waals surface area contributed by atoms with E-state index in [2.05, 4.69) is 15.3 Å². The SMILES string of the molecule is FC(F)CN1CCC(NCc2csc(-c3ccccn3)n2)CC1. The summed E-state index contributed by atoms with van der Waals surface area (Å²) >= 11 is 1.59. The first kappa shape index (κ1) is 16.4. The number of hydrogen-bond donors (Lipinski definition) is 1. The maximum Gasteiger partial charge on any atom is 0.251 e. The van der Waals surface area contributed by atoms with E-state index < -0.39 is 6.43 Å². The lowest BCUT2D eigenvalue weighted by molar-refractivity contribution is 0.0729. The summed E-state index contributed by atoms with van der Waals surface area (Å²) < 4.78 is 24.7. The molecule has 3 rings (SSSR count). The Labute approximate surface area is 138 Å². The van der Waals surface area contributed by atoms with Crippen LogP contribution in [0.5, 0.6) is 0 Å². The molecule has 1 aliphatic heterocycles. The van der Waals surface area contributed by atoms with E-state index in [0.717, 1.165) is 42.3 Å². The van der Waals surface area contributed by atoms with Crippen LogP contribution in [-0.4, -0.2) is 47.0 Å². The molecule has 0 spiro atoms. The van der Waals surface area contributed by atoms with E-state index in [1.807, 2.05) is 28.5 Å². The number of rotatable bonds is 6. The second kappa shape index (κ2) is 7.90. The lowest BCUT2D eigenvalue weighted by Gasteiger charge is -2.32. The number of halogens is 2. The lowest BCUT2D eigenvalue weighted by atomic mass is 10.1. The van der Waals surface area contributed by atoms with Gasteiger partial charge < -0.3 is 5.32 Å². The zero-order chi connectivity index (χ0) is 16.1. The van der Waals surface area contributed by atoms with Crippen molar-refractivity contribution in [1.29, 1.82) is 0 Å². The summed E-state index contributed by atoms with van der Waals surface area (Å²) in [5.41, 5.74) is 1.90. The standard InChI is InChI=1S/C16H20F2N4S/c17-15(18)10-22-7-4-12(5-8-22)20-9-13-11-23-16(21-13)14-3-1-2-6-19-14/h1-3,6,11-12,15,20H,4-5,7-10H2. The van der Waals surface area contributed by atoms with Crippen molar-refractivity contribution in [3.63, 3.8) is 0 Å². The predicted octanol–water partition coefficient (Wildman–Crippen LogP) is 3.02. The molecule has 124 valence electrons. The zero-order valence-corrected chi connectivity index (χ0v) is 13.6. The molecule has 0 amide bonds. The molecule has 1 N–H and O–H groups in total. The van der Waals surface area contributed by atoms with Crippen molar-refractivity contribution in [2.45, 2.75) is 31.9 Å². The number of thiazole rings is 1. The molecule has 0 bridgehead atoms. The average Bonchev–Trinajstić information content (AvgIpc) is 3.04. The Hall–Kier alpha value is -1.44. The van der Waals surface area contributed by atoms with Crippen molar-refractivity contribution in [3.05, 3.63) is 35.5 Å². The molecule has 0 aromatic carbocycles. The van der Waals surface area contributed by atoms with Crippen molar-refractivity contribution >= 4 is 11.3 Å². The van der Waals surface area contributed by atoms with Crippen LogP contribution in [0.15, 0.2) is 29.8 Å². The van der Waals surface area contributed by atoms with Crippen LogP contribution >= 0.6 is 11.3 Å². The molecule has 0 unspecified atom stereocenters. The number of hydrogen-bond acceptors (Lipinski definition) is 5. The molecular formula is C16H20F2N4S. The Morgan fingerprint density at radius 3 is 2.83 bits per heavy atom. The van der Waals surface area contributed by atoms with E-state index in [-0.39, 0.29) is 6.54 Å². The van der Waals surface area contributed by atoms with Crippen molar-refractivity contribution < 1.29 is 8.78 Å². The normalized spacial score (nSPS) is 17.0. The molecule has 0 radical (unpaired) electrons. The highest BCUT2D eigenvalue weighted by molar-refractivity contribution is 7.13. The van der Waals surface area contributed by atoms with Crippen LogP contribution in [0.2, 0.25) is 0 Å². The van der Waals surface area contributed by atoms with E-state index in [0.29, 0.717) is 12.6 Å².